The van der Waals surface area contributed by atoms with E-state index in [1.54, 1.807) is 0 Å². The van der Waals surface area contributed by atoms with E-state index in [9.17, 15) is 4.39 Å². The van der Waals surface area contributed by atoms with Crippen molar-refractivity contribution < 1.29 is 4.39 Å². The molecule has 2 heteroatoms. The molecule has 2 aromatic rings. The van der Waals surface area contributed by atoms with Gasteiger partial charge in [-0.15, -0.1) is 0 Å². The highest BCUT2D eigenvalue weighted by molar-refractivity contribution is 5.85. The maximum atomic E-state index is 12.5. The smallest absolute Gasteiger partial charge is 0.107 e. The summed E-state index contributed by atoms with van der Waals surface area (Å²) in [6.07, 6.45) is 2.09. The number of hydrogen-bond donors (Lipinski definition) is 0. The highest BCUT2D eigenvalue weighted by Gasteiger charge is 2.19. The van der Waals surface area contributed by atoms with E-state index in [2.05, 4.69) is 39.1 Å². The number of halogens is 1. The van der Waals surface area contributed by atoms with Crippen LogP contribution < -0.4 is 0 Å². The van der Waals surface area contributed by atoms with Crippen LogP contribution in [0.5, 0.6) is 0 Å². The van der Waals surface area contributed by atoms with Gasteiger partial charge in [0.25, 0.3) is 0 Å². The highest BCUT2D eigenvalue weighted by Crippen LogP contribution is 2.31. The number of benzene rings is 1. The topological polar surface area (TPSA) is 4.93 Å². The van der Waals surface area contributed by atoms with E-state index in [-0.39, 0.29) is 12.1 Å². The number of nitrogens with zero attached hydrogens (tertiary/aromatic N) is 1. The molecule has 1 aromatic heterocycles. The third-order valence-electron chi connectivity index (χ3n) is 2.92. The van der Waals surface area contributed by atoms with Crippen molar-refractivity contribution in [2.45, 2.75) is 32.7 Å². The molecule has 0 radical (unpaired) electrons. The molecule has 0 saturated carbocycles. The van der Waals surface area contributed by atoms with Crippen molar-refractivity contribution in [1.29, 1.82) is 0 Å². The second-order valence-electron chi connectivity index (χ2n) is 5.19. The molecule has 2 rings (SSSR count). The summed E-state index contributed by atoms with van der Waals surface area (Å²) in [5, 5.41) is 1.24. The molecule has 0 amide bonds. The Bertz CT molecular complexity index is 491. The fraction of sp³-hybridized carbons (Fsp3) is 0.429. The summed E-state index contributed by atoms with van der Waals surface area (Å²) in [7, 11) is 0. The Labute approximate surface area is 95.9 Å². The Morgan fingerprint density at radius 1 is 1.19 bits per heavy atom. The van der Waals surface area contributed by atoms with E-state index >= 15 is 0 Å². The molecular weight excluding hydrogens is 201 g/mol. The zero-order valence-electron chi connectivity index (χ0n) is 10.1. The van der Waals surface area contributed by atoms with Gasteiger partial charge in [-0.05, 0) is 17.0 Å². The van der Waals surface area contributed by atoms with Crippen molar-refractivity contribution in [3.05, 3.63) is 36.0 Å². The molecule has 1 heterocycles. The van der Waals surface area contributed by atoms with E-state index in [0.717, 1.165) is 5.52 Å². The Morgan fingerprint density at radius 3 is 2.50 bits per heavy atom. The average molecular weight is 219 g/mol. The summed E-state index contributed by atoms with van der Waals surface area (Å²) in [4.78, 5) is 0. The zero-order valence-corrected chi connectivity index (χ0v) is 10.1. The number of rotatable bonds is 2. The maximum absolute atomic E-state index is 12.5. The van der Waals surface area contributed by atoms with Gasteiger partial charge in [-0.1, -0.05) is 39.0 Å². The van der Waals surface area contributed by atoms with Crippen LogP contribution in [0.4, 0.5) is 4.39 Å². The first kappa shape index (κ1) is 11.2. The Balaban J connectivity index is 2.67. The third kappa shape index (κ3) is 1.84. The Kier molecular flexibility index (Phi) is 2.75. The van der Waals surface area contributed by atoms with Gasteiger partial charge in [0.2, 0.25) is 0 Å². The van der Waals surface area contributed by atoms with Crippen molar-refractivity contribution in [3.8, 4) is 0 Å². The second kappa shape index (κ2) is 3.93. The molecule has 0 aliphatic rings. The second-order valence-corrected chi connectivity index (χ2v) is 5.19. The van der Waals surface area contributed by atoms with Crippen LogP contribution in [-0.4, -0.2) is 11.2 Å². The van der Waals surface area contributed by atoms with Crippen LogP contribution >= 0.6 is 0 Å². The first-order chi connectivity index (χ1) is 7.54. The van der Waals surface area contributed by atoms with Crippen LogP contribution in [0.3, 0.4) is 0 Å². The fourth-order valence-corrected chi connectivity index (χ4v) is 2.12. The normalized spacial score (nSPS) is 12.2. The van der Waals surface area contributed by atoms with Crippen LogP contribution in [-0.2, 0) is 12.0 Å². The molecule has 0 unspecified atom stereocenters. The van der Waals surface area contributed by atoms with Crippen molar-refractivity contribution in [2.24, 2.45) is 0 Å². The maximum Gasteiger partial charge on any atom is 0.107 e. The molecule has 0 spiro atoms. The first-order valence-electron chi connectivity index (χ1n) is 5.68. The summed E-state index contributed by atoms with van der Waals surface area (Å²) < 4.78 is 14.5. The lowest BCUT2D eigenvalue weighted by atomic mass is 9.87. The minimum atomic E-state index is -0.317. The lowest BCUT2D eigenvalue weighted by Gasteiger charge is -2.17. The van der Waals surface area contributed by atoms with Gasteiger partial charge in [0.1, 0.15) is 6.67 Å². The van der Waals surface area contributed by atoms with Crippen LogP contribution in [0.15, 0.2) is 30.5 Å². The third-order valence-corrected chi connectivity index (χ3v) is 2.92. The van der Waals surface area contributed by atoms with E-state index in [1.165, 1.54) is 10.9 Å². The van der Waals surface area contributed by atoms with Crippen molar-refractivity contribution in [3.63, 3.8) is 0 Å². The van der Waals surface area contributed by atoms with Crippen LogP contribution in [0.2, 0.25) is 0 Å². The van der Waals surface area contributed by atoms with Crippen molar-refractivity contribution >= 4 is 10.9 Å². The molecule has 0 aliphatic carbocycles. The number of fused-ring (bicyclic) bond motifs is 1. The van der Waals surface area contributed by atoms with E-state index < -0.39 is 0 Å². The van der Waals surface area contributed by atoms with Crippen LogP contribution in [0.25, 0.3) is 10.9 Å². The summed E-state index contributed by atoms with van der Waals surface area (Å²) in [5.41, 5.74) is 2.52. The van der Waals surface area contributed by atoms with E-state index in [1.807, 2.05) is 16.7 Å². The lowest BCUT2D eigenvalue weighted by molar-refractivity contribution is 0.449. The zero-order chi connectivity index (χ0) is 11.8. The number of aryl methyl sites for hydroxylation is 1. The molecule has 0 N–H and O–H groups in total. The molecule has 1 aromatic carbocycles. The minimum absolute atomic E-state index is 0.0984. The Hall–Kier alpha value is -1.31. The fourth-order valence-electron chi connectivity index (χ4n) is 2.12. The summed E-state index contributed by atoms with van der Waals surface area (Å²) in [5.74, 6) is 0. The molecule has 0 aliphatic heterocycles. The summed E-state index contributed by atoms with van der Waals surface area (Å²) in [6, 6.07) is 8.21. The SMILES string of the molecule is CC(C)(C)c1cn(CCF)c2ccccc12. The van der Waals surface area contributed by atoms with Crippen LogP contribution in [0, 0.1) is 0 Å². The quantitative estimate of drug-likeness (QED) is 0.721. The molecule has 16 heavy (non-hydrogen) atoms. The predicted octanol–water partition coefficient (Wildman–Crippen LogP) is 3.91. The first-order valence-corrected chi connectivity index (χ1v) is 5.68. The minimum Gasteiger partial charge on any atom is -0.345 e. The summed E-state index contributed by atoms with van der Waals surface area (Å²) >= 11 is 0. The molecule has 0 saturated heterocycles. The highest BCUT2D eigenvalue weighted by atomic mass is 19.1. The molecule has 0 atom stereocenters. The number of hydrogen-bond acceptors (Lipinski definition) is 0. The van der Waals surface area contributed by atoms with Gasteiger partial charge in [0.15, 0.2) is 0 Å². The molecule has 1 nitrogen and oxygen atoms in total. The van der Waals surface area contributed by atoms with Gasteiger partial charge in [-0.25, -0.2) is 4.39 Å². The predicted molar refractivity (Wildman–Crippen MR) is 66.6 cm³/mol. The summed E-state index contributed by atoms with van der Waals surface area (Å²) in [6.45, 7) is 6.69. The largest absolute Gasteiger partial charge is 0.345 e. The number of para-hydroxylation sites is 1. The lowest BCUT2D eigenvalue weighted by Crippen LogP contribution is -2.10. The van der Waals surface area contributed by atoms with Crippen LogP contribution in [0.1, 0.15) is 26.3 Å². The van der Waals surface area contributed by atoms with Gasteiger partial charge >= 0.3 is 0 Å². The van der Waals surface area contributed by atoms with Gasteiger partial charge in [-0.3, -0.25) is 0 Å². The number of aromatic nitrogens is 1. The van der Waals surface area contributed by atoms with E-state index in [0.29, 0.717) is 6.54 Å². The molecule has 86 valence electrons. The van der Waals surface area contributed by atoms with Gasteiger partial charge < -0.3 is 4.57 Å². The molecular formula is C14H18FN. The number of alkyl halides is 1. The van der Waals surface area contributed by atoms with Crippen molar-refractivity contribution in [2.75, 3.05) is 6.67 Å². The van der Waals surface area contributed by atoms with E-state index in [4.69, 9.17) is 0 Å². The average Bonchev–Trinajstić information content (AvgIpc) is 2.58. The monoisotopic (exact) mass is 219 g/mol. The molecule has 0 fully saturated rings. The van der Waals surface area contributed by atoms with Gasteiger partial charge in [0.05, 0.1) is 6.54 Å². The Morgan fingerprint density at radius 2 is 1.88 bits per heavy atom. The van der Waals surface area contributed by atoms with Gasteiger partial charge in [-0.2, -0.15) is 0 Å². The van der Waals surface area contributed by atoms with Gasteiger partial charge in [0, 0.05) is 17.1 Å². The van der Waals surface area contributed by atoms with Crippen molar-refractivity contribution in [1.82, 2.24) is 4.57 Å². The standard InChI is InChI=1S/C14H18FN/c1-14(2,3)12-10-16(9-8-15)13-7-5-4-6-11(12)13/h4-7,10H,8-9H2,1-3H3. The molecule has 0 bridgehead atoms.